The molecule has 3 heteroatoms. The van der Waals surface area contributed by atoms with Crippen molar-refractivity contribution in [1.29, 1.82) is 0 Å². The van der Waals surface area contributed by atoms with E-state index in [1.807, 2.05) is 24.3 Å². The van der Waals surface area contributed by atoms with Crippen molar-refractivity contribution in [2.75, 3.05) is 5.75 Å². The Morgan fingerprint density at radius 3 is 2.53 bits per heavy atom. The molecule has 2 nitrogen and oxygen atoms in total. The number of hydrogen-bond acceptors (Lipinski definition) is 2. The molecule has 0 amide bonds. The zero-order valence-electron chi connectivity index (χ0n) is 9.24. The molecule has 0 spiro atoms. The van der Waals surface area contributed by atoms with Crippen LogP contribution in [0.5, 0.6) is 0 Å². The monoisotopic (exact) mass is 225 g/mol. The molecule has 0 aliphatic heterocycles. The van der Waals surface area contributed by atoms with Crippen LogP contribution in [0.2, 0.25) is 0 Å². The highest BCUT2D eigenvalue weighted by Crippen LogP contribution is 2.11. The molecule has 84 valence electrons. The summed E-state index contributed by atoms with van der Waals surface area (Å²) in [5.74, 6) is 1.45. The van der Waals surface area contributed by atoms with Crippen molar-refractivity contribution in [2.24, 2.45) is 5.73 Å². The molecule has 0 heterocycles. The molecule has 0 saturated carbocycles. The predicted molar refractivity (Wildman–Crippen MR) is 66.0 cm³/mol. The van der Waals surface area contributed by atoms with Crippen LogP contribution < -0.4 is 5.73 Å². The van der Waals surface area contributed by atoms with Crippen LogP contribution >= 0.6 is 0 Å². The van der Waals surface area contributed by atoms with Gasteiger partial charge in [-0.25, -0.2) is 0 Å². The Labute approximate surface area is 94.3 Å². The molecule has 0 radical (unpaired) electrons. The fraction of sp³-hybridized carbons (Fsp3) is 0.500. The van der Waals surface area contributed by atoms with E-state index in [4.69, 9.17) is 5.73 Å². The third kappa shape index (κ3) is 4.14. The Morgan fingerprint density at radius 2 is 1.93 bits per heavy atom. The minimum atomic E-state index is -0.738. The Kier molecular flexibility index (Phi) is 5.58. The average Bonchev–Trinajstić information content (AvgIpc) is 2.27. The van der Waals surface area contributed by atoms with Crippen molar-refractivity contribution in [3.63, 3.8) is 0 Å². The molecule has 0 aliphatic carbocycles. The standard InChI is InChI=1S/C12H19NOS/c1-2-3-8-15(14)10-12-7-5-4-6-11(12)9-13/h4-7H,2-3,8-10,13H2,1H3. The molecule has 2 N–H and O–H groups in total. The van der Waals surface area contributed by atoms with Crippen LogP contribution in [-0.4, -0.2) is 9.96 Å². The molecular formula is C12H19NOS. The number of rotatable bonds is 6. The van der Waals surface area contributed by atoms with Gasteiger partial charge >= 0.3 is 0 Å². The number of hydrogen-bond donors (Lipinski definition) is 1. The molecule has 1 aromatic rings. The molecule has 0 saturated heterocycles. The summed E-state index contributed by atoms with van der Waals surface area (Å²) in [6.45, 7) is 2.65. The number of benzene rings is 1. The summed E-state index contributed by atoms with van der Waals surface area (Å²) < 4.78 is 11.7. The highest BCUT2D eigenvalue weighted by atomic mass is 32.2. The van der Waals surface area contributed by atoms with Crippen molar-refractivity contribution in [3.8, 4) is 0 Å². The normalized spacial score (nSPS) is 12.7. The first kappa shape index (κ1) is 12.4. The topological polar surface area (TPSA) is 43.1 Å². The van der Waals surface area contributed by atoms with E-state index in [2.05, 4.69) is 6.92 Å². The van der Waals surface area contributed by atoms with E-state index in [1.54, 1.807) is 0 Å². The smallest absolute Gasteiger partial charge is 0.0488 e. The lowest BCUT2D eigenvalue weighted by Crippen LogP contribution is -2.06. The molecule has 1 unspecified atom stereocenters. The summed E-state index contributed by atoms with van der Waals surface area (Å²) in [6.07, 6.45) is 2.14. The summed E-state index contributed by atoms with van der Waals surface area (Å²) in [6, 6.07) is 7.98. The van der Waals surface area contributed by atoms with E-state index in [0.29, 0.717) is 12.3 Å². The molecular weight excluding hydrogens is 206 g/mol. The lowest BCUT2D eigenvalue weighted by molar-refractivity contribution is 0.679. The minimum Gasteiger partial charge on any atom is -0.326 e. The van der Waals surface area contributed by atoms with Gasteiger partial charge in [-0.3, -0.25) is 4.21 Å². The molecule has 0 bridgehead atoms. The molecule has 0 aromatic heterocycles. The molecule has 0 aliphatic rings. The van der Waals surface area contributed by atoms with Gasteiger partial charge in [-0.1, -0.05) is 37.6 Å². The van der Waals surface area contributed by atoms with Gasteiger partial charge in [0.15, 0.2) is 0 Å². The van der Waals surface area contributed by atoms with Gasteiger partial charge in [0, 0.05) is 28.9 Å². The summed E-state index contributed by atoms with van der Waals surface area (Å²) in [7, 11) is -0.738. The summed E-state index contributed by atoms with van der Waals surface area (Å²) in [4.78, 5) is 0. The van der Waals surface area contributed by atoms with Gasteiger partial charge in [0.2, 0.25) is 0 Å². The molecule has 0 fully saturated rings. The van der Waals surface area contributed by atoms with Crippen LogP contribution in [0.3, 0.4) is 0 Å². The van der Waals surface area contributed by atoms with Gasteiger partial charge < -0.3 is 5.73 Å². The van der Waals surface area contributed by atoms with Gasteiger partial charge in [0.25, 0.3) is 0 Å². The van der Waals surface area contributed by atoms with Gasteiger partial charge in [0.05, 0.1) is 0 Å². The van der Waals surface area contributed by atoms with Crippen molar-refractivity contribution in [1.82, 2.24) is 0 Å². The van der Waals surface area contributed by atoms with E-state index in [1.165, 1.54) is 0 Å². The summed E-state index contributed by atoms with van der Waals surface area (Å²) in [5, 5.41) is 0. The Morgan fingerprint density at radius 1 is 1.27 bits per heavy atom. The van der Waals surface area contributed by atoms with E-state index < -0.39 is 10.8 Å². The summed E-state index contributed by atoms with van der Waals surface area (Å²) >= 11 is 0. The molecule has 1 aromatic carbocycles. The number of nitrogens with two attached hydrogens (primary N) is 1. The van der Waals surface area contributed by atoms with E-state index in [0.717, 1.165) is 29.7 Å². The maximum absolute atomic E-state index is 11.7. The first-order valence-corrected chi connectivity index (χ1v) is 6.88. The average molecular weight is 225 g/mol. The zero-order valence-corrected chi connectivity index (χ0v) is 10.1. The summed E-state index contributed by atoms with van der Waals surface area (Å²) in [5.41, 5.74) is 7.87. The van der Waals surface area contributed by atoms with Gasteiger partial charge in [-0.2, -0.15) is 0 Å². The van der Waals surface area contributed by atoms with Crippen molar-refractivity contribution in [3.05, 3.63) is 35.4 Å². The van der Waals surface area contributed by atoms with Crippen LogP contribution in [0, 0.1) is 0 Å². The molecule has 15 heavy (non-hydrogen) atoms. The van der Waals surface area contributed by atoms with E-state index in [-0.39, 0.29) is 0 Å². The van der Waals surface area contributed by atoms with Crippen LogP contribution in [0.15, 0.2) is 24.3 Å². The van der Waals surface area contributed by atoms with Gasteiger partial charge in [0.1, 0.15) is 0 Å². The maximum Gasteiger partial charge on any atom is 0.0488 e. The third-order valence-corrected chi connectivity index (χ3v) is 3.76. The third-order valence-electron chi connectivity index (χ3n) is 2.38. The predicted octanol–water partition coefficient (Wildman–Crippen LogP) is 2.19. The highest BCUT2D eigenvalue weighted by Gasteiger charge is 2.04. The minimum absolute atomic E-state index is 0.529. The molecule has 1 rings (SSSR count). The van der Waals surface area contributed by atoms with E-state index in [9.17, 15) is 4.21 Å². The highest BCUT2D eigenvalue weighted by molar-refractivity contribution is 7.84. The zero-order chi connectivity index (χ0) is 11.1. The Balaban J connectivity index is 2.59. The fourth-order valence-corrected chi connectivity index (χ4v) is 2.83. The maximum atomic E-state index is 11.7. The van der Waals surface area contributed by atoms with E-state index >= 15 is 0 Å². The largest absolute Gasteiger partial charge is 0.326 e. The second kappa shape index (κ2) is 6.75. The second-order valence-corrected chi connectivity index (χ2v) is 5.19. The van der Waals surface area contributed by atoms with Crippen molar-refractivity contribution < 1.29 is 4.21 Å². The quantitative estimate of drug-likeness (QED) is 0.806. The second-order valence-electron chi connectivity index (χ2n) is 3.61. The van der Waals surface area contributed by atoms with Gasteiger partial charge in [-0.05, 0) is 17.5 Å². The lowest BCUT2D eigenvalue weighted by atomic mass is 10.1. The van der Waals surface area contributed by atoms with Gasteiger partial charge in [-0.15, -0.1) is 0 Å². The Hall–Kier alpha value is -0.670. The molecule has 1 atom stereocenters. The first-order chi connectivity index (χ1) is 7.27. The van der Waals surface area contributed by atoms with Crippen LogP contribution in [0.4, 0.5) is 0 Å². The van der Waals surface area contributed by atoms with Crippen LogP contribution in [-0.2, 0) is 23.1 Å². The van der Waals surface area contributed by atoms with Crippen LogP contribution in [0.1, 0.15) is 30.9 Å². The SMILES string of the molecule is CCCCS(=O)Cc1ccccc1CN. The fourth-order valence-electron chi connectivity index (χ4n) is 1.45. The van der Waals surface area contributed by atoms with Crippen molar-refractivity contribution >= 4 is 10.8 Å². The number of unbranched alkanes of at least 4 members (excludes halogenated alkanes) is 1. The van der Waals surface area contributed by atoms with Crippen molar-refractivity contribution in [2.45, 2.75) is 32.1 Å². The Bertz CT molecular complexity index is 325. The van der Waals surface area contributed by atoms with Crippen LogP contribution in [0.25, 0.3) is 0 Å². The first-order valence-electron chi connectivity index (χ1n) is 5.39. The lowest BCUT2D eigenvalue weighted by Gasteiger charge is -2.06.